The van der Waals surface area contributed by atoms with Crippen molar-refractivity contribution in [2.45, 2.75) is 27.3 Å². The first kappa shape index (κ1) is 23.9. The van der Waals surface area contributed by atoms with Crippen molar-refractivity contribution < 1.29 is 19.1 Å². The van der Waals surface area contributed by atoms with Crippen molar-refractivity contribution in [1.82, 2.24) is 9.47 Å². The van der Waals surface area contributed by atoms with E-state index in [1.165, 1.54) is 12.0 Å². The summed E-state index contributed by atoms with van der Waals surface area (Å²) in [6.07, 6.45) is 1.76. The molecule has 1 saturated heterocycles. The molecule has 0 atom stereocenters. The lowest BCUT2D eigenvalue weighted by molar-refractivity contribution is -0.123. The van der Waals surface area contributed by atoms with Gasteiger partial charge in [-0.3, -0.25) is 14.5 Å². The number of aromatic nitrogens is 1. The van der Waals surface area contributed by atoms with Crippen molar-refractivity contribution in [1.29, 1.82) is 0 Å². The molecule has 0 spiro atoms. The highest BCUT2D eigenvalue weighted by molar-refractivity contribution is 8.18. The number of esters is 1. The molecule has 0 aliphatic carbocycles. The van der Waals surface area contributed by atoms with Crippen LogP contribution in [0, 0.1) is 20.8 Å². The van der Waals surface area contributed by atoms with Crippen molar-refractivity contribution in [3.8, 4) is 5.69 Å². The second-order valence-electron chi connectivity index (χ2n) is 8.05. The van der Waals surface area contributed by atoms with Crippen molar-refractivity contribution in [3.05, 3.63) is 92.1 Å². The summed E-state index contributed by atoms with van der Waals surface area (Å²) in [6, 6.07) is 14.4. The van der Waals surface area contributed by atoms with E-state index in [0.717, 1.165) is 45.5 Å². The summed E-state index contributed by atoms with van der Waals surface area (Å²) in [4.78, 5) is 39.2. The lowest BCUT2D eigenvalue weighted by Gasteiger charge is -2.14. The molecule has 0 radical (unpaired) electrons. The second-order valence-corrected chi connectivity index (χ2v) is 9.48. The van der Waals surface area contributed by atoms with Gasteiger partial charge in [-0.25, -0.2) is 4.79 Å². The second kappa shape index (κ2) is 9.52. The van der Waals surface area contributed by atoms with Crippen LogP contribution in [0.3, 0.4) is 0 Å². The van der Waals surface area contributed by atoms with Crippen LogP contribution in [0.1, 0.15) is 38.4 Å². The van der Waals surface area contributed by atoms with Crippen LogP contribution in [0.2, 0.25) is 5.02 Å². The number of carbonyl (C=O) groups excluding carboxylic acids is 3. The number of thioether (sulfide) groups is 1. The van der Waals surface area contributed by atoms with Crippen molar-refractivity contribution in [2.75, 3.05) is 7.11 Å². The first-order valence-corrected chi connectivity index (χ1v) is 11.8. The van der Waals surface area contributed by atoms with Crippen LogP contribution in [0.25, 0.3) is 11.8 Å². The van der Waals surface area contributed by atoms with Crippen molar-refractivity contribution >= 4 is 46.6 Å². The number of ether oxygens (including phenoxy) is 1. The highest BCUT2D eigenvalue weighted by atomic mass is 35.5. The summed E-state index contributed by atoms with van der Waals surface area (Å²) in [5, 5.41) is 0.294. The normalized spacial score (nSPS) is 14.9. The molecule has 8 heteroatoms. The van der Waals surface area contributed by atoms with E-state index in [0.29, 0.717) is 15.5 Å². The number of methoxy groups -OCH3 is 1. The number of amides is 2. The summed E-state index contributed by atoms with van der Waals surface area (Å²) in [5.41, 5.74) is 5.80. The first-order valence-electron chi connectivity index (χ1n) is 10.6. The van der Waals surface area contributed by atoms with Gasteiger partial charge in [0.25, 0.3) is 11.1 Å². The van der Waals surface area contributed by atoms with E-state index in [4.69, 9.17) is 16.3 Å². The van der Waals surface area contributed by atoms with Gasteiger partial charge in [0.15, 0.2) is 0 Å². The molecule has 1 aliphatic heterocycles. The lowest BCUT2D eigenvalue weighted by Crippen LogP contribution is -2.27. The zero-order chi connectivity index (χ0) is 24.6. The van der Waals surface area contributed by atoms with E-state index in [2.05, 4.69) is 0 Å². The average molecular weight is 495 g/mol. The van der Waals surface area contributed by atoms with E-state index in [1.54, 1.807) is 42.5 Å². The molecule has 2 aromatic carbocycles. The maximum atomic E-state index is 13.0. The van der Waals surface area contributed by atoms with Crippen molar-refractivity contribution in [3.63, 3.8) is 0 Å². The molecule has 2 heterocycles. The van der Waals surface area contributed by atoms with Gasteiger partial charge < -0.3 is 9.30 Å². The van der Waals surface area contributed by atoms with Gasteiger partial charge in [0.2, 0.25) is 0 Å². The smallest absolute Gasteiger partial charge is 0.337 e. The average Bonchev–Trinajstić information content (AvgIpc) is 3.24. The minimum Gasteiger partial charge on any atom is -0.465 e. The molecule has 1 aliphatic rings. The summed E-state index contributed by atoms with van der Waals surface area (Å²) >= 11 is 6.86. The minimum atomic E-state index is -0.404. The molecule has 2 amide bonds. The maximum Gasteiger partial charge on any atom is 0.337 e. The van der Waals surface area contributed by atoms with E-state index in [9.17, 15) is 14.4 Å². The van der Waals surface area contributed by atoms with Crippen LogP contribution >= 0.6 is 23.4 Å². The quantitative estimate of drug-likeness (QED) is 0.317. The fourth-order valence-corrected chi connectivity index (χ4v) is 4.90. The van der Waals surface area contributed by atoms with Crippen LogP contribution in [0.4, 0.5) is 4.79 Å². The van der Waals surface area contributed by atoms with E-state index in [1.807, 2.05) is 37.5 Å². The summed E-state index contributed by atoms with van der Waals surface area (Å²) < 4.78 is 6.89. The van der Waals surface area contributed by atoms with Crippen molar-refractivity contribution in [2.24, 2.45) is 0 Å². The Hall–Kier alpha value is -3.29. The van der Waals surface area contributed by atoms with Crippen LogP contribution in [-0.2, 0) is 16.1 Å². The Kier molecular flexibility index (Phi) is 6.68. The summed E-state index contributed by atoms with van der Waals surface area (Å²) in [5.74, 6) is -0.725. The van der Waals surface area contributed by atoms with Gasteiger partial charge in [-0.1, -0.05) is 29.8 Å². The Balaban J connectivity index is 1.66. The molecule has 6 nitrogen and oxygen atoms in total. The molecule has 0 saturated carbocycles. The predicted molar refractivity (Wildman–Crippen MR) is 134 cm³/mol. The summed E-state index contributed by atoms with van der Waals surface area (Å²) in [7, 11) is 1.35. The molecular formula is C26H23ClN2O4S. The van der Waals surface area contributed by atoms with Gasteiger partial charge in [0, 0.05) is 22.1 Å². The summed E-state index contributed by atoms with van der Waals surface area (Å²) in [6.45, 7) is 6.07. The SMILES string of the molecule is COC(=O)c1ccc(C)c(-n2c(C)cc(/C=C3/SC(=O)N(Cc4ccc(Cl)cc4)C3=O)c2C)c1. The molecule has 1 fully saturated rings. The number of benzene rings is 2. The standard InChI is InChI=1S/C26H23ClN2O4S/c1-15-5-8-19(25(31)33-4)12-22(15)29-16(2)11-20(17(29)3)13-23-24(30)28(26(32)34-23)14-18-6-9-21(27)10-7-18/h5-13H,14H2,1-4H3/b23-13+. The largest absolute Gasteiger partial charge is 0.465 e. The highest BCUT2D eigenvalue weighted by Gasteiger charge is 2.35. The minimum absolute atomic E-state index is 0.192. The monoisotopic (exact) mass is 494 g/mol. The van der Waals surface area contributed by atoms with E-state index >= 15 is 0 Å². The molecule has 0 bridgehead atoms. The Labute approximate surface area is 207 Å². The Bertz CT molecular complexity index is 1340. The molecule has 174 valence electrons. The van der Waals surface area contributed by atoms with Gasteiger partial charge >= 0.3 is 5.97 Å². The first-order chi connectivity index (χ1) is 16.2. The molecule has 4 rings (SSSR count). The van der Waals surface area contributed by atoms with Crippen LogP contribution < -0.4 is 0 Å². The number of hydrogen-bond acceptors (Lipinski definition) is 5. The van der Waals surface area contributed by atoms with Gasteiger partial charge in [0.05, 0.1) is 24.1 Å². The number of rotatable bonds is 5. The van der Waals surface area contributed by atoms with E-state index < -0.39 is 5.97 Å². The number of carbonyl (C=O) groups is 3. The topological polar surface area (TPSA) is 68.6 Å². The van der Waals surface area contributed by atoms with Crippen LogP contribution in [-0.4, -0.2) is 33.7 Å². The Morgan fingerprint density at radius 3 is 2.44 bits per heavy atom. The molecule has 0 N–H and O–H groups in total. The third-order valence-corrected chi connectivity index (χ3v) is 6.91. The van der Waals surface area contributed by atoms with Gasteiger partial charge in [-0.15, -0.1) is 0 Å². The Morgan fingerprint density at radius 2 is 1.76 bits per heavy atom. The fourth-order valence-electron chi connectivity index (χ4n) is 3.95. The van der Waals surface area contributed by atoms with Gasteiger partial charge in [-0.2, -0.15) is 0 Å². The molecule has 34 heavy (non-hydrogen) atoms. The number of nitrogens with zero attached hydrogens (tertiary/aromatic N) is 2. The maximum absolute atomic E-state index is 13.0. The van der Waals surface area contributed by atoms with Crippen LogP contribution in [0.15, 0.2) is 53.4 Å². The number of hydrogen-bond donors (Lipinski definition) is 0. The Morgan fingerprint density at radius 1 is 1.06 bits per heavy atom. The third-order valence-electron chi connectivity index (χ3n) is 5.76. The van der Waals surface area contributed by atoms with Gasteiger partial charge in [0.1, 0.15) is 0 Å². The highest BCUT2D eigenvalue weighted by Crippen LogP contribution is 2.35. The number of halogens is 1. The fraction of sp³-hybridized carbons (Fsp3) is 0.192. The van der Waals surface area contributed by atoms with Crippen LogP contribution in [0.5, 0.6) is 0 Å². The lowest BCUT2D eigenvalue weighted by atomic mass is 10.1. The zero-order valence-corrected chi connectivity index (χ0v) is 20.8. The van der Waals surface area contributed by atoms with Gasteiger partial charge in [-0.05, 0) is 85.6 Å². The predicted octanol–water partition coefficient (Wildman–Crippen LogP) is 6.08. The molecular weight excluding hydrogens is 472 g/mol. The number of imide groups is 1. The zero-order valence-electron chi connectivity index (χ0n) is 19.2. The van der Waals surface area contributed by atoms with E-state index in [-0.39, 0.29) is 17.7 Å². The molecule has 3 aromatic rings. The molecule has 1 aromatic heterocycles. The number of aryl methyl sites for hydroxylation is 2. The molecule has 0 unspecified atom stereocenters. The third kappa shape index (κ3) is 4.54.